The van der Waals surface area contributed by atoms with Gasteiger partial charge in [0, 0.05) is 5.92 Å². The molecule has 1 aliphatic carbocycles. The van der Waals surface area contributed by atoms with Gasteiger partial charge in [0.2, 0.25) is 0 Å². The molecule has 0 bridgehead atoms. The molecule has 1 aliphatic rings. The van der Waals surface area contributed by atoms with E-state index in [2.05, 4.69) is 52.0 Å². The smallest absolute Gasteiger partial charge is 0.0662 e. The third kappa shape index (κ3) is 1.97. The summed E-state index contributed by atoms with van der Waals surface area (Å²) in [6.45, 7) is 8.84. The third-order valence-corrected chi connectivity index (χ3v) is 3.50. The maximum absolute atomic E-state index is 8.91. The highest BCUT2D eigenvalue weighted by Gasteiger charge is 2.39. The van der Waals surface area contributed by atoms with Crippen molar-refractivity contribution in [2.45, 2.75) is 45.4 Å². The second-order valence-corrected chi connectivity index (χ2v) is 5.90. The molecule has 0 radical (unpaired) electrons. The number of hydrogen-bond acceptors (Lipinski definition) is 1. The van der Waals surface area contributed by atoms with E-state index in [9.17, 15) is 0 Å². The Morgan fingerprint density at radius 1 is 1.31 bits per heavy atom. The Hall–Kier alpha value is -1.29. The number of aryl methyl sites for hydroxylation is 1. The van der Waals surface area contributed by atoms with Crippen LogP contribution in [0.5, 0.6) is 0 Å². The molecule has 2 atom stereocenters. The minimum absolute atomic E-state index is 0.194. The summed E-state index contributed by atoms with van der Waals surface area (Å²) >= 11 is 0. The summed E-state index contributed by atoms with van der Waals surface area (Å²) in [5.41, 5.74) is 4.28. The lowest BCUT2D eigenvalue weighted by atomic mass is 9.84. The molecule has 0 amide bonds. The Labute approximate surface area is 98.1 Å². The summed E-state index contributed by atoms with van der Waals surface area (Å²) in [6.07, 6.45) is 1.05. The number of rotatable bonds is 1. The van der Waals surface area contributed by atoms with Gasteiger partial charge >= 0.3 is 0 Å². The maximum atomic E-state index is 8.91. The van der Waals surface area contributed by atoms with E-state index in [1.165, 1.54) is 16.7 Å². The first kappa shape index (κ1) is 11.2. The number of hydrogen-bond donors (Lipinski definition) is 0. The van der Waals surface area contributed by atoms with Crippen molar-refractivity contribution >= 4 is 0 Å². The van der Waals surface area contributed by atoms with Gasteiger partial charge in [-0.25, -0.2) is 0 Å². The largest absolute Gasteiger partial charge is 0.198 e. The molecule has 1 saturated carbocycles. The van der Waals surface area contributed by atoms with E-state index in [-0.39, 0.29) is 11.3 Å². The van der Waals surface area contributed by atoms with Gasteiger partial charge in [-0.1, -0.05) is 39.0 Å². The lowest BCUT2D eigenvalue weighted by Crippen LogP contribution is -2.11. The van der Waals surface area contributed by atoms with Gasteiger partial charge < -0.3 is 0 Å². The van der Waals surface area contributed by atoms with Crippen LogP contribution in [0.1, 0.15) is 49.8 Å². The van der Waals surface area contributed by atoms with E-state index in [4.69, 9.17) is 5.26 Å². The molecule has 0 saturated heterocycles. The van der Waals surface area contributed by atoms with Crippen molar-refractivity contribution in [3.8, 4) is 6.07 Å². The zero-order valence-electron chi connectivity index (χ0n) is 10.5. The Balaban J connectivity index is 2.36. The monoisotopic (exact) mass is 213 g/mol. The fourth-order valence-corrected chi connectivity index (χ4v) is 2.19. The van der Waals surface area contributed by atoms with Crippen LogP contribution in [-0.4, -0.2) is 0 Å². The van der Waals surface area contributed by atoms with Crippen molar-refractivity contribution in [1.29, 1.82) is 5.26 Å². The van der Waals surface area contributed by atoms with Crippen molar-refractivity contribution < 1.29 is 0 Å². The van der Waals surface area contributed by atoms with E-state index < -0.39 is 0 Å². The van der Waals surface area contributed by atoms with Crippen LogP contribution in [0, 0.1) is 24.2 Å². The lowest BCUT2D eigenvalue weighted by molar-refractivity contribution is 0.589. The van der Waals surface area contributed by atoms with Crippen LogP contribution >= 0.6 is 0 Å². The topological polar surface area (TPSA) is 23.8 Å². The molecule has 1 fully saturated rings. The van der Waals surface area contributed by atoms with E-state index in [0.717, 1.165) is 6.42 Å². The van der Waals surface area contributed by atoms with Crippen molar-refractivity contribution in [1.82, 2.24) is 0 Å². The fourth-order valence-electron chi connectivity index (χ4n) is 2.19. The zero-order valence-corrected chi connectivity index (χ0v) is 10.5. The maximum Gasteiger partial charge on any atom is 0.0662 e. The lowest BCUT2D eigenvalue weighted by Gasteiger charge is -2.20. The number of nitrogens with zero attached hydrogens (tertiary/aromatic N) is 1. The SMILES string of the molecule is Cc1ccc(C(C)(C)C)cc1C1CC1C#N. The van der Waals surface area contributed by atoms with Gasteiger partial charge in [-0.3, -0.25) is 0 Å². The Kier molecular flexibility index (Phi) is 2.54. The molecule has 1 aromatic rings. The van der Waals surface area contributed by atoms with E-state index in [1.807, 2.05) is 0 Å². The molecule has 1 aromatic carbocycles. The highest BCUT2D eigenvalue weighted by Crippen LogP contribution is 2.48. The van der Waals surface area contributed by atoms with E-state index in [0.29, 0.717) is 5.92 Å². The van der Waals surface area contributed by atoms with Crippen molar-refractivity contribution in [3.05, 3.63) is 34.9 Å². The van der Waals surface area contributed by atoms with Gasteiger partial charge in [0.15, 0.2) is 0 Å². The minimum atomic E-state index is 0.194. The van der Waals surface area contributed by atoms with Crippen LogP contribution in [0.2, 0.25) is 0 Å². The van der Waals surface area contributed by atoms with Crippen LogP contribution in [0.3, 0.4) is 0 Å². The van der Waals surface area contributed by atoms with Gasteiger partial charge in [0.25, 0.3) is 0 Å². The second-order valence-electron chi connectivity index (χ2n) is 5.90. The first-order chi connectivity index (χ1) is 7.43. The average Bonchev–Trinajstić information content (AvgIpc) is 2.95. The molecule has 0 spiro atoms. The Morgan fingerprint density at radius 3 is 2.50 bits per heavy atom. The second kappa shape index (κ2) is 3.63. The quantitative estimate of drug-likeness (QED) is 0.693. The predicted octanol–water partition coefficient (Wildman–Crippen LogP) is 3.92. The highest BCUT2D eigenvalue weighted by molar-refractivity contribution is 5.40. The molecule has 0 heterocycles. The molecule has 0 N–H and O–H groups in total. The van der Waals surface area contributed by atoms with Crippen LogP contribution < -0.4 is 0 Å². The van der Waals surface area contributed by atoms with Crippen LogP contribution in [-0.2, 0) is 5.41 Å². The van der Waals surface area contributed by atoms with Gasteiger partial charge in [0.1, 0.15) is 0 Å². The Morgan fingerprint density at radius 2 is 2.00 bits per heavy atom. The molecule has 0 aromatic heterocycles. The number of nitriles is 1. The summed E-state index contributed by atoms with van der Waals surface area (Å²) in [7, 11) is 0. The molecule has 2 unspecified atom stereocenters. The van der Waals surface area contributed by atoms with Gasteiger partial charge in [-0.2, -0.15) is 5.26 Å². The summed E-state index contributed by atoms with van der Waals surface area (Å²) in [4.78, 5) is 0. The van der Waals surface area contributed by atoms with Crippen LogP contribution in [0.4, 0.5) is 0 Å². The minimum Gasteiger partial charge on any atom is -0.198 e. The zero-order chi connectivity index (χ0) is 11.9. The number of benzene rings is 1. The van der Waals surface area contributed by atoms with Crippen molar-refractivity contribution in [2.75, 3.05) is 0 Å². The van der Waals surface area contributed by atoms with Crippen molar-refractivity contribution in [3.63, 3.8) is 0 Å². The molecule has 84 valence electrons. The normalized spacial score (nSPS) is 23.9. The summed E-state index contributed by atoms with van der Waals surface area (Å²) in [5.74, 6) is 0.751. The molecular formula is C15H19N. The van der Waals surface area contributed by atoms with Gasteiger partial charge in [0.05, 0.1) is 12.0 Å². The first-order valence-electron chi connectivity index (χ1n) is 5.94. The summed E-state index contributed by atoms with van der Waals surface area (Å²) < 4.78 is 0. The first-order valence-corrected chi connectivity index (χ1v) is 5.94. The van der Waals surface area contributed by atoms with Crippen molar-refractivity contribution in [2.24, 2.45) is 5.92 Å². The molecule has 2 rings (SSSR count). The Bertz CT molecular complexity index is 445. The molecular weight excluding hydrogens is 194 g/mol. The van der Waals surface area contributed by atoms with E-state index >= 15 is 0 Å². The summed E-state index contributed by atoms with van der Waals surface area (Å²) in [6, 6.07) is 9.08. The fraction of sp³-hybridized carbons (Fsp3) is 0.533. The molecule has 1 nitrogen and oxygen atoms in total. The van der Waals surface area contributed by atoms with Crippen LogP contribution in [0.15, 0.2) is 18.2 Å². The third-order valence-electron chi connectivity index (χ3n) is 3.50. The standard InChI is InChI=1S/C15H19N/c1-10-5-6-12(15(2,3)4)8-13(10)14-7-11(14)9-16/h5-6,8,11,14H,7H2,1-4H3. The molecule has 16 heavy (non-hydrogen) atoms. The molecule has 1 heteroatoms. The molecule has 0 aliphatic heterocycles. The van der Waals surface area contributed by atoms with Crippen LogP contribution in [0.25, 0.3) is 0 Å². The van der Waals surface area contributed by atoms with E-state index in [1.54, 1.807) is 0 Å². The average molecular weight is 213 g/mol. The summed E-state index contributed by atoms with van der Waals surface area (Å²) in [5, 5.41) is 8.91. The predicted molar refractivity (Wildman–Crippen MR) is 66.3 cm³/mol. The highest BCUT2D eigenvalue weighted by atomic mass is 14.4. The van der Waals surface area contributed by atoms with Gasteiger partial charge in [-0.05, 0) is 35.4 Å². The van der Waals surface area contributed by atoms with Gasteiger partial charge in [-0.15, -0.1) is 0 Å².